The fraction of sp³-hybridized carbons (Fsp3) is 0.0800. The molecule has 2 N–H and O–H groups in total. The molecule has 0 aliphatic rings. The van der Waals surface area contributed by atoms with Crippen LogP contribution >= 0.6 is 0 Å². The molecule has 4 rings (SSSR count). The van der Waals surface area contributed by atoms with Gasteiger partial charge in [0.1, 0.15) is 11.5 Å². The first-order valence-corrected chi connectivity index (χ1v) is 10.0. The summed E-state index contributed by atoms with van der Waals surface area (Å²) in [7, 11) is 1.56. The predicted octanol–water partition coefficient (Wildman–Crippen LogP) is 4.60. The average molecular weight is 428 g/mol. The van der Waals surface area contributed by atoms with Gasteiger partial charge in [-0.2, -0.15) is 5.10 Å². The number of anilines is 1. The number of aryl methyl sites for hydroxylation is 1. The first-order chi connectivity index (χ1) is 15.4. The molecule has 7 heteroatoms. The monoisotopic (exact) mass is 428 g/mol. The summed E-state index contributed by atoms with van der Waals surface area (Å²) in [6.07, 6.45) is 1.62. The van der Waals surface area contributed by atoms with Crippen LogP contribution in [-0.4, -0.2) is 28.6 Å². The van der Waals surface area contributed by atoms with E-state index in [1.807, 2.05) is 31.2 Å². The maximum atomic E-state index is 13.3. The van der Waals surface area contributed by atoms with Crippen LogP contribution in [-0.2, 0) is 0 Å². The van der Waals surface area contributed by atoms with Gasteiger partial charge in [-0.3, -0.25) is 9.59 Å². The Bertz CT molecular complexity index is 1280. The van der Waals surface area contributed by atoms with Crippen molar-refractivity contribution in [2.75, 3.05) is 12.4 Å². The number of rotatable bonds is 5. The summed E-state index contributed by atoms with van der Waals surface area (Å²) in [5, 5.41) is 10.0. The van der Waals surface area contributed by atoms with Gasteiger partial charge in [0, 0.05) is 30.1 Å². The van der Waals surface area contributed by atoms with Crippen molar-refractivity contribution in [3.63, 3.8) is 0 Å². The molecular weight excluding hydrogens is 407 g/mol. The SMILES string of the molecule is CNC(=O)c1ccc(NC(=O)c2cn(-c3ccc(F)cc3)nc2-c2cccc(C)c2)cc1. The minimum atomic E-state index is -0.349. The van der Waals surface area contributed by atoms with Gasteiger partial charge in [0.05, 0.1) is 11.3 Å². The first-order valence-electron chi connectivity index (χ1n) is 10.0. The molecule has 0 aliphatic carbocycles. The maximum Gasteiger partial charge on any atom is 0.259 e. The lowest BCUT2D eigenvalue weighted by atomic mass is 10.1. The Morgan fingerprint density at radius 2 is 1.66 bits per heavy atom. The van der Waals surface area contributed by atoms with Gasteiger partial charge in [-0.15, -0.1) is 0 Å². The van der Waals surface area contributed by atoms with E-state index in [4.69, 9.17) is 0 Å². The van der Waals surface area contributed by atoms with E-state index in [0.717, 1.165) is 11.1 Å². The number of hydrogen-bond acceptors (Lipinski definition) is 3. The molecule has 1 heterocycles. The van der Waals surface area contributed by atoms with Crippen molar-refractivity contribution in [3.05, 3.63) is 102 Å². The Balaban J connectivity index is 1.70. The number of aromatic nitrogens is 2. The Labute approximate surface area is 184 Å². The topological polar surface area (TPSA) is 76.0 Å². The summed E-state index contributed by atoms with van der Waals surface area (Å²) in [5.41, 5.74) is 4.39. The van der Waals surface area contributed by atoms with E-state index in [0.29, 0.717) is 28.2 Å². The molecule has 1 aromatic heterocycles. The molecule has 0 bridgehead atoms. The number of halogens is 1. The van der Waals surface area contributed by atoms with E-state index < -0.39 is 0 Å². The lowest BCUT2D eigenvalue weighted by Crippen LogP contribution is -2.18. The number of nitrogens with one attached hydrogen (secondary N) is 2. The van der Waals surface area contributed by atoms with Gasteiger partial charge in [0.25, 0.3) is 11.8 Å². The van der Waals surface area contributed by atoms with Crippen molar-refractivity contribution < 1.29 is 14.0 Å². The van der Waals surface area contributed by atoms with Gasteiger partial charge >= 0.3 is 0 Å². The summed E-state index contributed by atoms with van der Waals surface area (Å²) in [4.78, 5) is 24.9. The van der Waals surface area contributed by atoms with Crippen LogP contribution in [0, 0.1) is 12.7 Å². The Hall–Kier alpha value is -4.26. The van der Waals surface area contributed by atoms with Crippen molar-refractivity contribution in [1.29, 1.82) is 0 Å². The smallest absolute Gasteiger partial charge is 0.259 e. The molecule has 0 radical (unpaired) electrons. The number of hydrogen-bond donors (Lipinski definition) is 2. The Kier molecular flexibility index (Phi) is 5.81. The van der Waals surface area contributed by atoms with Gasteiger partial charge in [0.15, 0.2) is 0 Å². The van der Waals surface area contributed by atoms with Crippen LogP contribution in [0.5, 0.6) is 0 Å². The standard InChI is InChI=1S/C25H21FN4O2/c1-16-4-3-5-18(14-16)23-22(15-30(29-23)21-12-8-19(26)9-13-21)25(32)28-20-10-6-17(7-11-20)24(31)27-2/h3-15H,1-2H3,(H,27,31)(H,28,32). The van der Waals surface area contributed by atoms with E-state index in [2.05, 4.69) is 15.7 Å². The number of carbonyl (C=O) groups is 2. The molecule has 0 fully saturated rings. The van der Waals surface area contributed by atoms with Crippen molar-refractivity contribution in [3.8, 4) is 16.9 Å². The highest BCUT2D eigenvalue weighted by atomic mass is 19.1. The molecule has 0 atom stereocenters. The van der Waals surface area contributed by atoms with Crippen LogP contribution < -0.4 is 10.6 Å². The zero-order valence-corrected chi connectivity index (χ0v) is 17.6. The van der Waals surface area contributed by atoms with Gasteiger partial charge < -0.3 is 10.6 Å². The van der Waals surface area contributed by atoms with Crippen LogP contribution in [0.3, 0.4) is 0 Å². The molecule has 3 aromatic carbocycles. The summed E-state index contributed by atoms with van der Waals surface area (Å²) < 4.78 is 14.9. The molecular formula is C25H21FN4O2. The quantitative estimate of drug-likeness (QED) is 0.488. The van der Waals surface area contributed by atoms with Crippen molar-refractivity contribution in [2.45, 2.75) is 6.92 Å². The summed E-state index contributed by atoms with van der Waals surface area (Å²) in [6, 6.07) is 20.2. The van der Waals surface area contributed by atoms with Crippen LogP contribution in [0.25, 0.3) is 16.9 Å². The lowest BCUT2D eigenvalue weighted by molar-refractivity contribution is 0.0962. The van der Waals surface area contributed by atoms with Gasteiger partial charge in [0.2, 0.25) is 0 Å². The maximum absolute atomic E-state index is 13.3. The normalized spacial score (nSPS) is 10.6. The van der Waals surface area contributed by atoms with Crippen molar-refractivity contribution in [2.24, 2.45) is 0 Å². The summed E-state index contributed by atoms with van der Waals surface area (Å²) in [5.74, 6) is -0.897. The third-order valence-corrected chi connectivity index (χ3v) is 4.97. The third-order valence-electron chi connectivity index (χ3n) is 4.97. The highest BCUT2D eigenvalue weighted by molar-refractivity contribution is 6.08. The van der Waals surface area contributed by atoms with Gasteiger partial charge in [-0.25, -0.2) is 9.07 Å². The largest absolute Gasteiger partial charge is 0.355 e. The molecule has 0 saturated heterocycles. The van der Waals surface area contributed by atoms with Crippen LogP contribution in [0.2, 0.25) is 0 Å². The van der Waals surface area contributed by atoms with E-state index in [9.17, 15) is 14.0 Å². The number of nitrogens with zero attached hydrogens (tertiary/aromatic N) is 2. The molecule has 0 aliphatic heterocycles. The van der Waals surface area contributed by atoms with E-state index in [1.165, 1.54) is 12.1 Å². The zero-order valence-electron chi connectivity index (χ0n) is 17.6. The van der Waals surface area contributed by atoms with Crippen LogP contribution in [0.4, 0.5) is 10.1 Å². The minimum Gasteiger partial charge on any atom is -0.355 e. The summed E-state index contributed by atoms with van der Waals surface area (Å²) >= 11 is 0. The van der Waals surface area contributed by atoms with Crippen molar-refractivity contribution >= 4 is 17.5 Å². The zero-order chi connectivity index (χ0) is 22.7. The van der Waals surface area contributed by atoms with Crippen LogP contribution in [0.15, 0.2) is 79.0 Å². The van der Waals surface area contributed by atoms with E-state index in [1.54, 1.807) is 54.3 Å². The van der Waals surface area contributed by atoms with Gasteiger partial charge in [-0.1, -0.05) is 23.8 Å². The minimum absolute atomic E-state index is 0.204. The fourth-order valence-electron chi connectivity index (χ4n) is 3.32. The number of amides is 2. The molecule has 0 unspecified atom stereocenters. The van der Waals surface area contributed by atoms with E-state index in [-0.39, 0.29) is 17.6 Å². The molecule has 6 nitrogen and oxygen atoms in total. The lowest BCUT2D eigenvalue weighted by Gasteiger charge is -2.07. The van der Waals surface area contributed by atoms with E-state index >= 15 is 0 Å². The summed E-state index contributed by atoms with van der Waals surface area (Å²) in [6.45, 7) is 1.97. The molecule has 0 saturated carbocycles. The molecule has 160 valence electrons. The predicted molar refractivity (Wildman–Crippen MR) is 121 cm³/mol. The second kappa shape index (κ2) is 8.85. The second-order valence-electron chi connectivity index (χ2n) is 7.29. The molecule has 32 heavy (non-hydrogen) atoms. The average Bonchev–Trinajstić information content (AvgIpc) is 3.25. The number of benzene rings is 3. The van der Waals surface area contributed by atoms with Crippen LogP contribution in [0.1, 0.15) is 26.3 Å². The second-order valence-corrected chi connectivity index (χ2v) is 7.29. The first kappa shape index (κ1) is 21.0. The Morgan fingerprint density at radius 3 is 2.31 bits per heavy atom. The third kappa shape index (κ3) is 4.41. The number of carbonyl (C=O) groups excluding carboxylic acids is 2. The highest BCUT2D eigenvalue weighted by Crippen LogP contribution is 2.26. The fourth-order valence-corrected chi connectivity index (χ4v) is 3.32. The Morgan fingerprint density at radius 1 is 0.938 bits per heavy atom. The molecule has 2 amide bonds. The highest BCUT2D eigenvalue weighted by Gasteiger charge is 2.19. The molecule has 4 aromatic rings. The van der Waals surface area contributed by atoms with Crippen molar-refractivity contribution in [1.82, 2.24) is 15.1 Å². The molecule has 0 spiro atoms. The van der Waals surface area contributed by atoms with Gasteiger partial charge in [-0.05, 0) is 61.5 Å².